The van der Waals surface area contributed by atoms with Crippen LogP contribution in [0.5, 0.6) is 0 Å². The molecule has 0 amide bonds. The standard InChI is InChI=1S/C27H33N3S/c1-21-12-14-25(15-13-21)22(2)10-7-5-4-6-8-17-31-27-29-20-26(23(3)30-27)18-24-11-9-16-28-19-24/h9,11-16,19-20H,2-8,10,17-18H2,1H3,(H,29,30). The Morgan fingerprint density at radius 2 is 1.81 bits per heavy atom. The van der Waals surface area contributed by atoms with Crippen LogP contribution in [0.3, 0.4) is 0 Å². The van der Waals surface area contributed by atoms with E-state index in [0.29, 0.717) is 0 Å². The molecule has 0 atom stereocenters. The maximum Gasteiger partial charge on any atom is 0.165 e. The van der Waals surface area contributed by atoms with E-state index in [1.807, 2.05) is 18.5 Å². The molecule has 2 aromatic rings. The number of pyridine rings is 1. The van der Waals surface area contributed by atoms with E-state index in [1.54, 1.807) is 18.0 Å². The van der Waals surface area contributed by atoms with Crippen LogP contribution in [0.2, 0.25) is 0 Å². The molecule has 1 aromatic heterocycles. The molecule has 0 spiro atoms. The predicted molar refractivity (Wildman–Crippen MR) is 136 cm³/mol. The molecule has 0 bridgehead atoms. The van der Waals surface area contributed by atoms with Gasteiger partial charge in [-0.05, 0) is 54.5 Å². The zero-order valence-corrected chi connectivity index (χ0v) is 19.4. The molecule has 0 fully saturated rings. The van der Waals surface area contributed by atoms with E-state index in [-0.39, 0.29) is 0 Å². The Morgan fingerprint density at radius 3 is 2.55 bits per heavy atom. The number of aliphatic imine (C=N–C) groups is 1. The van der Waals surface area contributed by atoms with E-state index in [2.05, 4.69) is 65.7 Å². The average molecular weight is 432 g/mol. The molecule has 4 heteroatoms. The number of amidine groups is 1. The van der Waals surface area contributed by atoms with Crippen LogP contribution >= 0.6 is 11.8 Å². The minimum absolute atomic E-state index is 0.803. The minimum atomic E-state index is 0.803. The Morgan fingerprint density at radius 1 is 1.03 bits per heavy atom. The van der Waals surface area contributed by atoms with Crippen LogP contribution in [0, 0.1) is 6.92 Å². The minimum Gasteiger partial charge on any atom is -0.335 e. The fourth-order valence-corrected chi connectivity index (χ4v) is 4.34. The number of hydrogen-bond donors (Lipinski definition) is 1. The highest BCUT2D eigenvalue weighted by atomic mass is 32.2. The van der Waals surface area contributed by atoms with Gasteiger partial charge < -0.3 is 5.32 Å². The molecule has 1 aliphatic rings. The van der Waals surface area contributed by atoms with Crippen LogP contribution in [0.1, 0.15) is 55.2 Å². The second-order valence-corrected chi connectivity index (χ2v) is 9.15. The SMILES string of the molecule is C=C1NC(SCCCCCCCC(=C)c2ccc(C)cc2)=NC=C1Cc1cccnc1. The van der Waals surface area contributed by atoms with Crippen molar-refractivity contribution in [3.05, 3.63) is 96.1 Å². The normalized spacial score (nSPS) is 13.4. The summed E-state index contributed by atoms with van der Waals surface area (Å²) in [5.74, 6) is 1.08. The van der Waals surface area contributed by atoms with Crippen molar-refractivity contribution in [3.8, 4) is 0 Å². The second-order valence-electron chi connectivity index (χ2n) is 8.07. The van der Waals surface area contributed by atoms with Crippen molar-refractivity contribution in [2.45, 2.75) is 51.9 Å². The van der Waals surface area contributed by atoms with Gasteiger partial charge in [0.2, 0.25) is 0 Å². The molecule has 162 valence electrons. The Labute approximate surface area is 191 Å². The molecule has 1 N–H and O–H groups in total. The van der Waals surface area contributed by atoms with Gasteiger partial charge in [-0.15, -0.1) is 0 Å². The van der Waals surface area contributed by atoms with Gasteiger partial charge in [0.25, 0.3) is 0 Å². The van der Waals surface area contributed by atoms with Crippen molar-refractivity contribution in [2.24, 2.45) is 4.99 Å². The van der Waals surface area contributed by atoms with Gasteiger partial charge >= 0.3 is 0 Å². The average Bonchev–Trinajstić information content (AvgIpc) is 2.78. The number of rotatable bonds is 11. The van der Waals surface area contributed by atoms with Gasteiger partial charge in [-0.25, -0.2) is 4.99 Å². The van der Waals surface area contributed by atoms with Crippen LogP contribution in [-0.4, -0.2) is 15.9 Å². The molecule has 3 nitrogen and oxygen atoms in total. The summed E-state index contributed by atoms with van der Waals surface area (Å²) in [7, 11) is 0. The van der Waals surface area contributed by atoms with Gasteiger partial charge in [-0.2, -0.15) is 0 Å². The van der Waals surface area contributed by atoms with Crippen molar-refractivity contribution in [1.82, 2.24) is 10.3 Å². The van der Waals surface area contributed by atoms with Crippen molar-refractivity contribution in [1.29, 1.82) is 0 Å². The molecule has 0 unspecified atom stereocenters. The first-order chi connectivity index (χ1) is 15.1. The Bertz CT molecular complexity index is 927. The zero-order chi connectivity index (χ0) is 21.9. The van der Waals surface area contributed by atoms with E-state index in [9.17, 15) is 0 Å². The lowest BCUT2D eigenvalue weighted by Gasteiger charge is -2.18. The first-order valence-electron chi connectivity index (χ1n) is 11.1. The zero-order valence-electron chi connectivity index (χ0n) is 18.6. The summed E-state index contributed by atoms with van der Waals surface area (Å²) >= 11 is 1.78. The first-order valence-corrected chi connectivity index (χ1v) is 12.1. The van der Waals surface area contributed by atoms with Gasteiger partial charge in [0.1, 0.15) is 0 Å². The van der Waals surface area contributed by atoms with Gasteiger partial charge in [-0.1, -0.05) is 80.1 Å². The van der Waals surface area contributed by atoms with Gasteiger partial charge in [0.05, 0.1) is 0 Å². The lowest BCUT2D eigenvalue weighted by molar-refractivity contribution is 0.643. The molecule has 0 saturated carbocycles. The maximum absolute atomic E-state index is 4.57. The van der Waals surface area contributed by atoms with Gasteiger partial charge in [0, 0.05) is 36.5 Å². The van der Waals surface area contributed by atoms with E-state index < -0.39 is 0 Å². The molecule has 0 saturated heterocycles. The van der Waals surface area contributed by atoms with Crippen molar-refractivity contribution in [2.75, 3.05) is 5.75 Å². The highest BCUT2D eigenvalue weighted by Crippen LogP contribution is 2.22. The van der Waals surface area contributed by atoms with Crippen molar-refractivity contribution < 1.29 is 0 Å². The third-order valence-electron chi connectivity index (χ3n) is 5.42. The van der Waals surface area contributed by atoms with Gasteiger partial charge in [0.15, 0.2) is 5.17 Å². The lowest BCUT2D eigenvalue weighted by Crippen LogP contribution is -2.24. The molecule has 1 aromatic carbocycles. The summed E-state index contributed by atoms with van der Waals surface area (Å²) in [5, 5.41) is 4.30. The number of aromatic nitrogens is 1. The van der Waals surface area contributed by atoms with Crippen LogP contribution in [0.25, 0.3) is 5.57 Å². The Balaban J connectivity index is 1.27. The lowest BCUT2D eigenvalue weighted by atomic mass is 10.00. The molecule has 3 rings (SSSR count). The van der Waals surface area contributed by atoms with Gasteiger partial charge in [-0.3, -0.25) is 4.98 Å². The highest BCUT2D eigenvalue weighted by molar-refractivity contribution is 8.13. The number of thioether (sulfide) groups is 1. The maximum atomic E-state index is 4.57. The second kappa shape index (κ2) is 12.3. The summed E-state index contributed by atoms with van der Waals surface area (Å²) in [5.41, 5.74) is 7.06. The molecule has 0 aliphatic carbocycles. The number of benzene rings is 1. The largest absolute Gasteiger partial charge is 0.335 e. The number of aryl methyl sites for hydroxylation is 1. The van der Waals surface area contributed by atoms with E-state index in [4.69, 9.17) is 0 Å². The molecule has 1 aliphatic heterocycles. The van der Waals surface area contributed by atoms with Crippen LogP contribution < -0.4 is 5.32 Å². The van der Waals surface area contributed by atoms with Crippen molar-refractivity contribution in [3.63, 3.8) is 0 Å². The van der Waals surface area contributed by atoms with Crippen molar-refractivity contribution >= 4 is 22.5 Å². The number of nitrogens with one attached hydrogen (secondary N) is 1. The van der Waals surface area contributed by atoms with Crippen LogP contribution in [0.4, 0.5) is 0 Å². The van der Waals surface area contributed by atoms with E-state index in [0.717, 1.165) is 35.0 Å². The summed E-state index contributed by atoms with van der Waals surface area (Å²) in [6.07, 6.45) is 13.8. The Hall–Kier alpha value is -2.59. The quantitative estimate of drug-likeness (QED) is 0.386. The number of nitrogens with zero attached hydrogens (tertiary/aromatic N) is 2. The molecule has 31 heavy (non-hydrogen) atoms. The Kier molecular flexibility index (Phi) is 9.16. The number of unbranched alkanes of at least 4 members (excludes halogenated alkanes) is 4. The third-order valence-corrected chi connectivity index (χ3v) is 6.40. The number of hydrogen-bond acceptors (Lipinski definition) is 4. The van der Waals surface area contributed by atoms with Crippen LogP contribution in [0.15, 0.2) is 84.4 Å². The highest BCUT2D eigenvalue weighted by Gasteiger charge is 2.12. The fraction of sp³-hybridized carbons (Fsp3) is 0.333. The predicted octanol–water partition coefficient (Wildman–Crippen LogP) is 7.08. The molecular formula is C27H33N3S. The summed E-state index contributed by atoms with van der Waals surface area (Å²) in [4.78, 5) is 8.74. The topological polar surface area (TPSA) is 37.3 Å². The first kappa shape index (κ1) is 23.1. The van der Waals surface area contributed by atoms with Crippen LogP contribution in [-0.2, 0) is 6.42 Å². The third kappa shape index (κ3) is 7.87. The summed E-state index contributed by atoms with van der Waals surface area (Å²) in [6.45, 7) is 10.5. The van der Waals surface area contributed by atoms with E-state index >= 15 is 0 Å². The summed E-state index contributed by atoms with van der Waals surface area (Å²) in [6, 6.07) is 12.7. The smallest absolute Gasteiger partial charge is 0.165 e. The van der Waals surface area contributed by atoms with E-state index in [1.165, 1.54) is 54.4 Å². The summed E-state index contributed by atoms with van der Waals surface area (Å²) < 4.78 is 0. The fourth-order valence-electron chi connectivity index (χ4n) is 3.48. The molecule has 0 radical (unpaired) electrons. The molecule has 2 heterocycles. The monoisotopic (exact) mass is 431 g/mol. The molecular weight excluding hydrogens is 398 g/mol. The number of allylic oxidation sites excluding steroid dienone is 2.